The highest BCUT2D eigenvalue weighted by Crippen LogP contribution is 2.48. The van der Waals surface area contributed by atoms with Crippen molar-refractivity contribution in [3.8, 4) is 5.75 Å². The first kappa shape index (κ1) is 13.2. The third-order valence-electron chi connectivity index (χ3n) is 3.65. The fourth-order valence-electron chi connectivity index (χ4n) is 2.70. The number of furan rings is 1. The SMILES string of the molecule is COc1cc(C2=C(SC)SC3=NCCN32)c2occc2c1. The topological polar surface area (TPSA) is 38.0 Å². The van der Waals surface area contributed by atoms with E-state index in [0.717, 1.165) is 40.5 Å². The molecule has 1 aromatic carbocycles. The van der Waals surface area contributed by atoms with Crippen molar-refractivity contribution in [1.82, 2.24) is 4.90 Å². The summed E-state index contributed by atoms with van der Waals surface area (Å²) in [6.45, 7) is 1.79. The second kappa shape index (κ2) is 5.03. The van der Waals surface area contributed by atoms with Gasteiger partial charge >= 0.3 is 0 Å². The number of thioether (sulfide) groups is 2. The number of rotatable bonds is 3. The fourth-order valence-corrected chi connectivity index (χ4v) is 4.61. The molecule has 4 nitrogen and oxygen atoms in total. The molecule has 2 aliphatic rings. The van der Waals surface area contributed by atoms with Gasteiger partial charge in [-0.15, -0.1) is 11.8 Å². The molecule has 2 aromatic rings. The van der Waals surface area contributed by atoms with Crippen molar-refractivity contribution in [2.45, 2.75) is 0 Å². The summed E-state index contributed by atoms with van der Waals surface area (Å²) in [5.41, 5.74) is 3.19. The first-order chi connectivity index (χ1) is 10.3. The zero-order chi connectivity index (χ0) is 14.4. The quantitative estimate of drug-likeness (QED) is 0.859. The number of hydrogen-bond donors (Lipinski definition) is 0. The molecule has 0 radical (unpaired) electrons. The van der Waals surface area contributed by atoms with Crippen molar-refractivity contribution in [2.24, 2.45) is 4.99 Å². The monoisotopic (exact) mass is 318 g/mol. The van der Waals surface area contributed by atoms with Crippen LogP contribution in [0.2, 0.25) is 0 Å². The number of methoxy groups -OCH3 is 1. The minimum absolute atomic E-state index is 0.849. The average Bonchev–Trinajstić information content (AvgIpc) is 3.20. The van der Waals surface area contributed by atoms with Crippen LogP contribution < -0.4 is 4.74 Å². The van der Waals surface area contributed by atoms with Crippen molar-refractivity contribution in [1.29, 1.82) is 0 Å². The average molecular weight is 318 g/mol. The van der Waals surface area contributed by atoms with Gasteiger partial charge in [0.1, 0.15) is 11.3 Å². The molecule has 0 bridgehead atoms. The normalized spacial score (nSPS) is 17.6. The third kappa shape index (κ3) is 1.97. The summed E-state index contributed by atoms with van der Waals surface area (Å²) in [5, 5.41) is 2.16. The summed E-state index contributed by atoms with van der Waals surface area (Å²) >= 11 is 3.50. The molecule has 2 aliphatic heterocycles. The number of ether oxygens (including phenoxy) is 1. The lowest BCUT2D eigenvalue weighted by molar-refractivity contribution is 0.415. The van der Waals surface area contributed by atoms with Crippen LogP contribution in [0.3, 0.4) is 0 Å². The van der Waals surface area contributed by atoms with Crippen molar-refractivity contribution in [2.75, 3.05) is 26.5 Å². The largest absolute Gasteiger partial charge is 0.497 e. The van der Waals surface area contributed by atoms with Gasteiger partial charge in [0.2, 0.25) is 0 Å². The summed E-state index contributed by atoms with van der Waals surface area (Å²) in [6.07, 6.45) is 3.83. The van der Waals surface area contributed by atoms with Crippen LogP contribution in [-0.2, 0) is 0 Å². The Morgan fingerprint density at radius 1 is 1.43 bits per heavy atom. The smallest absolute Gasteiger partial charge is 0.169 e. The maximum atomic E-state index is 5.73. The van der Waals surface area contributed by atoms with E-state index in [0.29, 0.717) is 0 Å². The minimum atomic E-state index is 0.849. The zero-order valence-corrected chi connectivity index (χ0v) is 13.4. The van der Waals surface area contributed by atoms with E-state index in [9.17, 15) is 0 Å². The molecule has 4 rings (SSSR count). The highest BCUT2D eigenvalue weighted by molar-refractivity contribution is 8.30. The number of hydrogen-bond acceptors (Lipinski definition) is 6. The van der Waals surface area contributed by atoms with Gasteiger partial charge in [-0.1, -0.05) is 0 Å². The molecule has 0 fully saturated rings. The zero-order valence-electron chi connectivity index (χ0n) is 11.8. The van der Waals surface area contributed by atoms with Gasteiger partial charge < -0.3 is 14.1 Å². The Labute approximate surface area is 131 Å². The number of benzene rings is 1. The molecule has 0 saturated heterocycles. The molecule has 1 aromatic heterocycles. The van der Waals surface area contributed by atoms with Gasteiger partial charge in [-0.3, -0.25) is 4.99 Å². The molecule has 0 spiro atoms. The summed E-state index contributed by atoms with van der Waals surface area (Å²) in [4.78, 5) is 6.86. The lowest BCUT2D eigenvalue weighted by Crippen LogP contribution is -2.20. The van der Waals surface area contributed by atoms with Crippen LogP contribution in [0, 0.1) is 0 Å². The molecular weight excluding hydrogens is 304 g/mol. The molecule has 108 valence electrons. The number of aliphatic imine (C=N–C) groups is 1. The molecule has 0 amide bonds. The highest BCUT2D eigenvalue weighted by atomic mass is 32.2. The van der Waals surface area contributed by atoms with E-state index in [1.807, 2.05) is 12.1 Å². The molecule has 0 atom stereocenters. The standard InChI is InChI=1S/C15H14N2O2S2/c1-18-10-7-9-3-6-19-13(9)11(8-10)12-14(20-2)21-15-16-4-5-17(12)15/h3,6-8H,4-5H2,1-2H3. The lowest BCUT2D eigenvalue weighted by Gasteiger charge is -2.18. The maximum absolute atomic E-state index is 5.73. The van der Waals surface area contributed by atoms with Crippen molar-refractivity contribution in [3.63, 3.8) is 0 Å². The van der Waals surface area contributed by atoms with E-state index < -0.39 is 0 Å². The second-order valence-electron chi connectivity index (χ2n) is 4.77. The molecule has 6 heteroatoms. The van der Waals surface area contributed by atoms with E-state index in [-0.39, 0.29) is 0 Å². The first-order valence-electron chi connectivity index (χ1n) is 6.65. The van der Waals surface area contributed by atoms with E-state index >= 15 is 0 Å². The predicted molar refractivity (Wildman–Crippen MR) is 89.8 cm³/mol. The molecule has 0 saturated carbocycles. The summed E-state index contributed by atoms with van der Waals surface area (Å²) in [6, 6.07) is 6.03. The fraction of sp³-hybridized carbons (Fsp3) is 0.267. The predicted octanol–water partition coefficient (Wildman–Crippen LogP) is 3.85. The van der Waals surface area contributed by atoms with Crippen molar-refractivity contribution < 1.29 is 9.15 Å². The first-order valence-corrected chi connectivity index (χ1v) is 8.69. The Balaban J connectivity index is 1.96. The summed E-state index contributed by atoms with van der Waals surface area (Å²) in [7, 11) is 1.70. The Bertz CT molecular complexity index is 779. The van der Waals surface area contributed by atoms with Crippen LogP contribution in [0.1, 0.15) is 5.56 Å². The van der Waals surface area contributed by atoms with Crippen LogP contribution in [0.15, 0.2) is 38.1 Å². The van der Waals surface area contributed by atoms with Gasteiger partial charge in [0, 0.05) is 17.5 Å². The molecular formula is C15H14N2O2S2. The van der Waals surface area contributed by atoms with Crippen LogP contribution >= 0.6 is 23.5 Å². The number of fused-ring (bicyclic) bond motifs is 2. The lowest BCUT2D eigenvalue weighted by atomic mass is 10.1. The van der Waals surface area contributed by atoms with Crippen molar-refractivity contribution in [3.05, 3.63) is 34.3 Å². The molecule has 0 unspecified atom stereocenters. The van der Waals surface area contributed by atoms with Gasteiger partial charge in [-0.05, 0) is 36.2 Å². The number of amidine groups is 1. The Morgan fingerprint density at radius 3 is 3.14 bits per heavy atom. The van der Waals surface area contributed by atoms with Gasteiger partial charge in [-0.25, -0.2) is 0 Å². The molecule has 0 N–H and O–H groups in total. The molecule has 3 heterocycles. The Kier molecular flexibility index (Phi) is 3.15. The van der Waals surface area contributed by atoms with Gasteiger partial charge in [0.25, 0.3) is 0 Å². The molecule has 21 heavy (non-hydrogen) atoms. The molecule has 0 aliphatic carbocycles. The van der Waals surface area contributed by atoms with Crippen LogP contribution in [-0.4, -0.2) is 36.5 Å². The Morgan fingerprint density at radius 2 is 2.33 bits per heavy atom. The van der Waals surface area contributed by atoms with E-state index in [1.54, 1.807) is 36.9 Å². The number of nitrogens with zero attached hydrogens (tertiary/aromatic N) is 2. The van der Waals surface area contributed by atoms with Crippen LogP contribution in [0.25, 0.3) is 16.7 Å². The maximum Gasteiger partial charge on any atom is 0.169 e. The highest BCUT2D eigenvalue weighted by Gasteiger charge is 2.34. The third-order valence-corrected chi connectivity index (χ3v) is 5.87. The van der Waals surface area contributed by atoms with Crippen LogP contribution in [0.5, 0.6) is 5.75 Å². The van der Waals surface area contributed by atoms with Crippen molar-refractivity contribution >= 4 is 45.4 Å². The second-order valence-corrected chi connectivity index (χ2v) is 6.82. The summed E-state index contributed by atoms with van der Waals surface area (Å²) < 4.78 is 12.4. The van der Waals surface area contributed by atoms with Gasteiger partial charge in [-0.2, -0.15) is 0 Å². The Hall–Kier alpha value is -1.53. The van der Waals surface area contributed by atoms with Crippen LogP contribution in [0.4, 0.5) is 0 Å². The van der Waals surface area contributed by atoms with Gasteiger partial charge in [0.05, 0.1) is 29.9 Å². The summed E-state index contributed by atoms with van der Waals surface area (Å²) in [5.74, 6) is 0.849. The van der Waals surface area contributed by atoms with Gasteiger partial charge in [0.15, 0.2) is 5.17 Å². The van der Waals surface area contributed by atoms with E-state index in [2.05, 4.69) is 22.2 Å². The van der Waals surface area contributed by atoms with E-state index in [4.69, 9.17) is 9.15 Å². The minimum Gasteiger partial charge on any atom is -0.497 e. The van der Waals surface area contributed by atoms with E-state index in [1.165, 1.54) is 9.93 Å².